The van der Waals surface area contributed by atoms with Gasteiger partial charge in [0.1, 0.15) is 0 Å². The number of anilines is 1. The van der Waals surface area contributed by atoms with Crippen LogP contribution in [0.15, 0.2) is 48.5 Å². The van der Waals surface area contributed by atoms with E-state index in [0.29, 0.717) is 16.3 Å². The van der Waals surface area contributed by atoms with Gasteiger partial charge in [0, 0.05) is 29.4 Å². The van der Waals surface area contributed by atoms with Gasteiger partial charge in [0.15, 0.2) is 0 Å². The summed E-state index contributed by atoms with van der Waals surface area (Å²) in [6, 6.07) is 11.5. The first-order valence-electron chi connectivity index (χ1n) is 6.68. The number of hydrogen-bond acceptors (Lipinski definition) is 4. The fraction of sp³-hybridized carbons (Fsp3) is 0.133. The number of aliphatic hydroxyl groups is 1. The van der Waals surface area contributed by atoms with E-state index in [1.807, 2.05) is 0 Å². The number of aliphatic hydroxyl groups excluding tert-OH is 1. The maximum absolute atomic E-state index is 11.7. The van der Waals surface area contributed by atoms with E-state index in [4.69, 9.17) is 11.6 Å². The summed E-state index contributed by atoms with van der Waals surface area (Å²) in [5, 5.41) is 26.1. The zero-order valence-electron chi connectivity index (χ0n) is 11.9. The van der Waals surface area contributed by atoms with Crippen molar-refractivity contribution in [2.75, 3.05) is 11.9 Å². The van der Waals surface area contributed by atoms with Crippen LogP contribution in [-0.4, -0.2) is 22.6 Å². The summed E-state index contributed by atoms with van der Waals surface area (Å²) in [4.78, 5) is 21.7. The molecule has 3 N–H and O–H groups in total. The summed E-state index contributed by atoms with van der Waals surface area (Å²) >= 11 is 5.76. The summed E-state index contributed by atoms with van der Waals surface area (Å²) in [7, 11) is 0. The summed E-state index contributed by atoms with van der Waals surface area (Å²) in [6.45, 7) is 0.0143. The second kappa shape index (κ2) is 7.57. The van der Waals surface area contributed by atoms with E-state index in [1.54, 1.807) is 24.3 Å². The molecule has 0 radical (unpaired) electrons. The molecule has 120 valence electrons. The minimum atomic E-state index is -0.866. The molecule has 0 heterocycles. The second-order valence-corrected chi connectivity index (χ2v) is 5.14. The van der Waals surface area contributed by atoms with Gasteiger partial charge in [0.2, 0.25) is 0 Å². The molecule has 0 saturated carbocycles. The number of amides is 2. The van der Waals surface area contributed by atoms with Gasteiger partial charge in [0.25, 0.3) is 5.69 Å². The highest BCUT2D eigenvalue weighted by molar-refractivity contribution is 6.30. The lowest BCUT2D eigenvalue weighted by Crippen LogP contribution is -2.32. The lowest BCUT2D eigenvalue weighted by atomic mass is 10.1. The number of rotatable bonds is 5. The van der Waals surface area contributed by atoms with Gasteiger partial charge in [-0.2, -0.15) is 0 Å². The highest BCUT2D eigenvalue weighted by Crippen LogP contribution is 2.17. The van der Waals surface area contributed by atoms with Crippen LogP contribution in [0.2, 0.25) is 5.02 Å². The maximum atomic E-state index is 11.7. The quantitative estimate of drug-likeness (QED) is 0.576. The average molecular weight is 336 g/mol. The Kier molecular flexibility index (Phi) is 5.51. The molecule has 1 atom stereocenters. The molecule has 23 heavy (non-hydrogen) atoms. The normalized spacial score (nSPS) is 11.6. The van der Waals surface area contributed by atoms with Crippen molar-refractivity contribution in [3.05, 3.63) is 69.2 Å². The molecule has 2 rings (SSSR count). The van der Waals surface area contributed by atoms with Gasteiger partial charge >= 0.3 is 6.03 Å². The van der Waals surface area contributed by atoms with E-state index in [9.17, 15) is 20.0 Å². The van der Waals surface area contributed by atoms with E-state index in [1.165, 1.54) is 24.3 Å². The van der Waals surface area contributed by atoms with Gasteiger partial charge in [-0.1, -0.05) is 23.7 Å². The monoisotopic (exact) mass is 335 g/mol. The molecule has 0 bridgehead atoms. The molecular weight excluding hydrogens is 322 g/mol. The smallest absolute Gasteiger partial charge is 0.319 e. The van der Waals surface area contributed by atoms with E-state index in [2.05, 4.69) is 10.6 Å². The first kappa shape index (κ1) is 16.7. The van der Waals surface area contributed by atoms with Crippen molar-refractivity contribution in [2.45, 2.75) is 6.10 Å². The summed E-state index contributed by atoms with van der Waals surface area (Å²) in [6.07, 6.45) is -0.866. The molecule has 2 aromatic rings. The number of carbonyl (C=O) groups is 1. The number of carbonyl (C=O) groups excluding carboxylic acids is 1. The number of benzene rings is 2. The SMILES string of the molecule is O=C(NCC(O)c1ccc(Cl)cc1)Nc1ccc([N+](=O)[O-])cc1. The minimum Gasteiger partial charge on any atom is -0.387 e. The number of halogens is 1. The van der Waals surface area contributed by atoms with E-state index >= 15 is 0 Å². The van der Waals surface area contributed by atoms with Crippen molar-refractivity contribution in [2.24, 2.45) is 0 Å². The molecular formula is C15H14ClN3O4. The van der Waals surface area contributed by atoms with Crippen molar-refractivity contribution >= 4 is 29.0 Å². The minimum absolute atomic E-state index is 0.0143. The first-order valence-corrected chi connectivity index (χ1v) is 7.06. The van der Waals surface area contributed by atoms with Crippen LogP contribution in [0.1, 0.15) is 11.7 Å². The van der Waals surface area contributed by atoms with Crippen molar-refractivity contribution < 1.29 is 14.8 Å². The number of nitro benzene ring substituents is 1. The van der Waals surface area contributed by atoms with Crippen molar-refractivity contribution in [3.8, 4) is 0 Å². The van der Waals surface area contributed by atoms with Crippen LogP contribution < -0.4 is 10.6 Å². The Hall–Kier alpha value is -2.64. The number of non-ortho nitro benzene ring substituents is 1. The van der Waals surface area contributed by atoms with E-state index in [-0.39, 0.29) is 12.2 Å². The predicted molar refractivity (Wildman–Crippen MR) is 86.5 cm³/mol. The molecule has 0 fully saturated rings. The number of nitro groups is 1. The van der Waals surface area contributed by atoms with E-state index in [0.717, 1.165) is 0 Å². The summed E-state index contributed by atoms with van der Waals surface area (Å²) in [5.41, 5.74) is 0.980. The molecule has 0 aliphatic heterocycles. The third-order valence-corrected chi connectivity index (χ3v) is 3.30. The van der Waals surface area contributed by atoms with Crippen LogP contribution in [0.3, 0.4) is 0 Å². The third-order valence-electron chi connectivity index (χ3n) is 3.05. The summed E-state index contributed by atoms with van der Waals surface area (Å²) in [5.74, 6) is 0. The zero-order chi connectivity index (χ0) is 16.8. The summed E-state index contributed by atoms with van der Waals surface area (Å²) < 4.78 is 0. The second-order valence-electron chi connectivity index (χ2n) is 4.71. The van der Waals surface area contributed by atoms with Crippen molar-refractivity contribution in [3.63, 3.8) is 0 Å². The Morgan fingerprint density at radius 1 is 1.17 bits per heavy atom. The Morgan fingerprint density at radius 3 is 2.35 bits per heavy atom. The van der Waals surface area contributed by atoms with Gasteiger partial charge in [-0.3, -0.25) is 10.1 Å². The molecule has 2 aromatic carbocycles. The lowest BCUT2D eigenvalue weighted by molar-refractivity contribution is -0.384. The van der Waals surface area contributed by atoms with Gasteiger partial charge in [0.05, 0.1) is 11.0 Å². The molecule has 7 nitrogen and oxygen atoms in total. The fourth-order valence-electron chi connectivity index (χ4n) is 1.83. The van der Waals surface area contributed by atoms with Crippen LogP contribution in [0.25, 0.3) is 0 Å². The Balaban J connectivity index is 1.84. The Bertz CT molecular complexity index is 689. The van der Waals surface area contributed by atoms with Crippen LogP contribution in [0.5, 0.6) is 0 Å². The van der Waals surface area contributed by atoms with Gasteiger partial charge in [-0.05, 0) is 29.8 Å². The molecule has 0 spiro atoms. The molecule has 0 aliphatic carbocycles. The van der Waals surface area contributed by atoms with Crippen LogP contribution in [0, 0.1) is 10.1 Å². The third kappa shape index (κ3) is 4.94. The van der Waals surface area contributed by atoms with Crippen LogP contribution >= 0.6 is 11.6 Å². The lowest BCUT2D eigenvalue weighted by Gasteiger charge is -2.13. The molecule has 0 aromatic heterocycles. The Labute approximate surface area is 137 Å². The average Bonchev–Trinajstić information content (AvgIpc) is 2.54. The number of urea groups is 1. The fourth-order valence-corrected chi connectivity index (χ4v) is 1.96. The number of nitrogens with one attached hydrogen (secondary N) is 2. The Morgan fingerprint density at radius 2 is 1.78 bits per heavy atom. The van der Waals surface area contributed by atoms with Crippen LogP contribution in [-0.2, 0) is 0 Å². The molecule has 0 aliphatic rings. The molecule has 8 heteroatoms. The predicted octanol–water partition coefficient (Wildman–Crippen LogP) is 3.10. The van der Waals surface area contributed by atoms with Crippen molar-refractivity contribution in [1.29, 1.82) is 0 Å². The van der Waals surface area contributed by atoms with E-state index < -0.39 is 17.1 Å². The van der Waals surface area contributed by atoms with Gasteiger partial charge < -0.3 is 15.7 Å². The topological polar surface area (TPSA) is 104 Å². The largest absolute Gasteiger partial charge is 0.387 e. The maximum Gasteiger partial charge on any atom is 0.319 e. The van der Waals surface area contributed by atoms with Gasteiger partial charge in [-0.15, -0.1) is 0 Å². The van der Waals surface area contributed by atoms with Crippen molar-refractivity contribution in [1.82, 2.24) is 5.32 Å². The first-order chi connectivity index (χ1) is 11.0. The van der Waals surface area contributed by atoms with Gasteiger partial charge in [-0.25, -0.2) is 4.79 Å². The molecule has 0 saturated heterocycles. The zero-order valence-corrected chi connectivity index (χ0v) is 12.7. The highest BCUT2D eigenvalue weighted by atomic mass is 35.5. The molecule has 1 unspecified atom stereocenters. The standard InChI is InChI=1S/C15H14ClN3O4/c16-11-3-1-10(2-4-11)14(20)9-17-15(21)18-12-5-7-13(8-6-12)19(22)23/h1-8,14,20H,9H2,(H2,17,18,21). The number of hydrogen-bond donors (Lipinski definition) is 3. The highest BCUT2D eigenvalue weighted by Gasteiger charge is 2.10. The molecule has 2 amide bonds. The van der Waals surface area contributed by atoms with Crippen LogP contribution in [0.4, 0.5) is 16.2 Å². The number of nitrogens with zero attached hydrogens (tertiary/aromatic N) is 1.